The van der Waals surface area contributed by atoms with E-state index in [0.717, 1.165) is 29.9 Å². The molecule has 0 saturated carbocycles. The molecule has 0 unspecified atom stereocenters. The lowest BCUT2D eigenvalue weighted by atomic mass is 10.1. The molecule has 0 radical (unpaired) electrons. The van der Waals surface area contributed by atoms with Gasteiger partial charge in [0, 0.05) is 38.3 Å². The van der Waals surface area contributed by atoms with Crippen LogP contribution in [0.3, 0.4) is 0 Å². The Labute approximate surface area is 152 Å². The molecule has 0 bridgehead atoms. The van der Waals surface area contributed by atoms with E-state index in [2.05, 4.69) is 10.1 Å². The molecule has 0 spiro atoms. The van der Waals surface area contributed by atoms with Crippen LogP contribution in [0.25, 0.3) is 0 Å². The summed E-state index contributed by atoms with van der Waals surface area (Å²) in [5, 5.41) is 3.90. The van der Waals surface area contributed by atoms with E-state index < -0.39 is 0 Å². The number of rotatable bonds is 5. The van der Waals surface area contributed by atoms with Crippen LogP contribution in [-0.4, -0.2) is 54.2 Å². The SMILES string of the molecule is COc1ccc(CN2CCN(C(=O)Cc3c(C)noc3C)CC2)cc1F. The molecule has 1 saturated heterocycles. The van der Waals surface area contributed by atoms with Crippen LogP contribution in [0.2, 0.25) is 0 Å². The number of carbonyl (C=O) groups is 1. The summed E-state index contributed by atoms with van der Waals surface area (Å²) in [5.41, 5.74) is 2.56. The largest absolute Gasteiger partial charge is 0.494 e. The number of nitrogens with zero attached hydrogens (tertiary/aromatic N) is 3. The van der Waals surface area contributed by atoms with Gasteiger partial charge in [-0.25, -0.2) is 4.39 Å². The molecule has 0 N–H and O–H groups in total. The minimum atomic E-state index is -0.349. The van der Waals surface area contributed by atoms with Gasteiger partial charge in [-0.15, -0.1) is 0 Å². The van der Waals surface area contributed by atoms with Gasteiger partial charge in [-0.3, -0.25) is 9.69 Å². The molecule has 0 aliphatic carbocycles. The summed E-state index contributed by atoms with van der Waals surface area (Å²) in [6.45, 7) is 7.20. The van der Waals surface area contributed by atoms with Crippen LogP contribution in [0, 0.1) is 19.7 Å². The zero-order valence-corrected chi connectivity index (χ0v) is 15.4. The number of ether oxygens (including phenoxy) is 1. The summed E-state index contributed by atoms with van der Waals surface area (Å²) >= 11 is 0. The van der Waals surface area contributed by atoms with Crippen molar-refractivity contribution in [3.05, 3.63) is 46.6 Å². The van der Waals surface area contributed by atoms with E-state index in [1.54, 1.807) is 6.07 Å². The van der Waals surface area contributed by atoms with Gasteiger partial charge in [-0.2, -0.15) is 0 Å². The Morgan fingerprint density at radius 3 is 2.58 bits per heavy atom. The first-order chi connectivity index (χ1) is 12.5. The molecule has 2 heterocycles. The van der Waals surface area contributed by atoms with Gasteiger partial charge in [0.05, 0.1) is 19.2 Å². The fraction of sp³-hybridized carbons (Fsp3) is 0.474. The van der Waals surface area contributed by atoms with Crippen molar-refractivity contribution < 1.29 is 18.4 Å². The number of methoxy groups -OCH3 is 1. The number of hydrogen-bond donors (Lipinski definition) is 0. The maximum absolute atomic E-state index is 13.8. The van der Waals surface area contributed by atoms with Crippen molar-refractivity contribution in [1.29, 1.82) is 0 Å². The molecule has 1 aromatic heterocycles. The lowest BCUT2D eigenvalue weighted by Gasteiger charge is -2.34. The van der Waals surface area contributed by atoms with Gasteiger partial charge in [-0.1, -0.05) is 11.2 Å². The van der Waals surface area contributed by atoms with Crippen LogP contribution >= 0.6 is 0 Å². The third-order valence-electron chi connectivity index (χ3n) is 4.86. The molecule has 1 aromatic carbocycles. The number of aromatic nitrogens is 1. The van der Waals surface area contributed by atoms with Crippen LogP contribution in [0.15, 0.2) is 22.7 Å². The molecule has 0 atom stereocenters. The molecular formula is C19H24FN3O3. The first-order valence-electron chi connectivity index (χ1n) is 8.72. The van der Waals surface area contributed by atoms with E-state index in [-0.39, 0.29) is 17.5 Å². The second-order valence-corrected chi connectivity index (χ2v) is 6.61. The smallest absolute Gasteiger partial charge is 0.227 e. The van der Waals surface area contributed by atoms with Crippen LogP contribution in [-0.2, 0) is 17.8 Å². The molecule has 1 amide bonds. The van der Waals surface area contributed by atoms with Crippen LogP contribution < -0.4 is 4.74 Å². The minimum absolute atomic E-state index is 0.0922. The van der Waals surface area contributed by atoms with E-state index in [4.69, 9.17) is 9.26 Å². The molecule has 2 aromatic rings. The molecular weight excluding hydrogens is 337 g/mol. The Hall–Kier alpha value is -2.41. The Bertz CT molecular complexity index is 763. The quantitative estimate of drug-likeness (QED) is 0.818. The summed E-state index contributed by atoms with van der Waals surface area (Å²) in [7, 11) is 1.46. The number of benzene rings is 1. The summed E-state index contributed by atoms with van der Waals surface area (Å²) < 4.78 is 23.9. The highest BCUT2D eigenvalue weighted by atomic mass is 19.1. The summed E-state index contributed by atoms with van der Waals surface area (Å²) in [4.78, 5) is 16.6. The summed E-state index contributed by atoms with van der Waals surface area (Å²) in [6, 6.07) is 5.03. The van der Waals surface area contributed by atoms with E-state index in [1.165, 1.54) is 13.2 Å². The number of carbonyl (C=O) groups excluding carboxylic acids is 1. The first-order valence-corrected chi connectivity index (χ1v) is 8.72. The highest BCUT2D eigenvalue weighted by molar-refractivity contribution is 5.79. The zero-order valence-electron chi connectivity index (χ0n) is 15.4. The highest BCUT2D eigenvalue weighted by Gasteiger charge is 2.23. The van der Waals surface area contributed by atoms with Gasteiger partial charge in [0.1, 0.15) is 5.76 Å². The van der Waals surface area contributed by atoms with Crippen molar-refractivity contribution in [2.24, 2.45) is 0 Å². The van der Waals surface area contributed by atoms with Gasteiger partial charge in [0.2, 0.25) is 5.91 Å². The standard InChI is InChI=1S/C19H24FN3O3/c1-13-16(14(2)26-21-13)11-19(24)23-8-6-22(7-9-23)12-15-4-5-18(25-3)17(20)10-15/h4-5,10H,6-9,11-12H2,1-3H3. The van der Waals surface area contributed by atoms with Crippen molar-refractivity contribution in [3.8, 4) is 5.75 Å². The zero-order chi connectivity index (χ0) is 18.7. The predicted molar refractivity (Wildman–Crippen MR) is 94.5 cm³/mol. The molecule has 1 aliphatic rings. The van der Waals surface area contributed by atoms with Gasteiger partial charge in [-0.05, 0) is 31.5 Å². The monoisotopic (exact) mass is 361 g/mol. The molecule has 3 rings (SSSR count). The number of amides is 1. The van der Waals surface area contributed by atoms with E-state index in [0.29, 0.717) is 31.8 Å². The van der Waals surface area contributed by atoms with Gasteiger partial charge in [0.25, 0.3) is 0 Å². The van der Waals surface area contributed by atoms with E-state index in [9.17, 15) is 9.18 Å². The Kier molecular flexibility index (Phi) is 5.56. The van der Waals surface area contributed by atoms with Gasteiger partial charge in [0.15, 0.2) is 11.6 Å². The molecule has 6 nitrogen and oxygen atoms in total. The van der Waals surface area contributed by atoms with Crippen molar-refractivity contribution in [1.82, 2.24) is 15.0 Å². The third-order valence-corrected chi connectivity index (χ3v) is 4.86. The van der Waals surface area contributed by atoms with E-state index in [1.807, 2.05) is 24.8 Å². The maximum Gasteiger partial charge on any atom is 0.227 e. The van der Waals surface area contributed by atoms with E-state index >= 15 is 0 Å². The fourth-order valence-electron chi connectivity index (χ4n) is 3.24. The Morgan fingerprint density at radius 1 is 1.27 bits per heavy atom. The predicted octanol–water partition coefficient (Wildman–Crippen LogP) is 2.33. The van der Waals surface area contributed by atoms with Gasteiger partial charge < -0.3 is 14.2 Å². The molecule has 1 aliphatic heterocycles. The second-order valence-electron chi connectivity index (χ2n) is 6.61. The van der Waals surface area contributed by atoms with Crippen LogP contribution in [0.4, 0.5) is 4.39 Å². The molecule has 1 fully saturated rings. The number of halogens is 1. The van der Waals surface area contributed by atoms with Crippen molar-refractivity contribution in [3.63, 3.8) is 0 Å². The number of piperazine rings is 1. The second kappa shape index (κ2) is 7.86. The fourth-order valence-corrected chi connectivity index (χ4v) is 3.24. The van der Waals surface area contributed by atoms with Crippen molar-refractivity contribution >= 4 is 5.91 Å². The van der Waals surface area contributed by atoms with Crippen LogP contribution in [0.5, 0.6) is 5.75 Å². The minimum Gasteiger partial charge on any atom is -0.494 e. The average Bonchev–Trinajstić information content (AvgIpc) is 2.94. The molecule has 26 heavy (non-hydrogen) atoms. The Balaban J connectivity index is 1.52. The molecule has 7 heteroatoms. The summed E-state index contributed by atoms with van der Waals surface area (Å²) in [6.07, 6.45) is 0.324. The normalized spacial score (nSPS) is 15.3. The lowest BCUT2D eigenvalue weighted by molar-refractivity contribution is -0.132. The van der Waals surface area contributed by atoms with Gasteiger partial charge >= 0.3 is 0 Å². The van der Waals surface area contributed by atoms with Crippen molar-refractivity contribution in [2.45, 2.75) is 26.8 Å². The third kappa shape index (κ3) is 4.04. The average molecular weight is 361 g/mol. The van der Waals surface area contributed by atoms with Crippen molar-refractivity contribution in [2.75, 3.05) is 33.3 Å². The lowest BCUT2D eigenvalue weighted by Crippen LogP contribution is -2.48. The highest BCUT2D eigenvalue weighted by Crippen LogP contribution is 2.19. The molecule has 140 valence electrons. The number of hydrogen-bond acceptors (Lipinski definition) is 5. The maximum atomic E-state index is 13.8. The summed E-state index contributed by atoms with van der Waals surface area (Å²) in [5.74, 6) is 0.701. The van der Waals surface area contributed by atoms with Crippen LogP contribution in [0.1, 0.15) is 22.6 Å². The Morgan fingerprint density at radius 2 is 2.00 bits per heavy atom. The number of aryl methyl sites for hydroxylation is 2. The first kappa shape index (κ1) is 18.4. The topological polar surface area (TPSA) is 58.8 Å².